The summed E-state index contributed by atoms with van der Waals surface area (Å²) >= 11 is 0. The van der Waals surface area contributed by atoms with Crippen LogP contribution in [0.15, 0.2) is 0 Å². The molecule has 0 aromatic rings. The molecule has 0 saturated heterocycles. The lowest BCUT2D eigenvalue weighted by Gasteiger charge is -2.25. The summed E-state index contributed by atoms with van der Waals surface area (Å²) in [5.74, 6) is 0.183. The molecule has 0 aromatic heterocycles. The van der Waals surface area contributed by atoms with Gasteiger partial charge < -0.3 is 5.11 Å². The molecule has 1 aliphatic rings. The molecule has 84 valence electrons. The lowest BCUT2D eigenvalue weighted by atomic mass is 9.80. The number of halogens is 1. The van der Waals surface area contributed by atoms with Crippen LogP contribution in [0.1, 0.15) is 51.9 Å². The van der Waals surface area contributed by atoms with E-state index in [1.165, 1.54) is 19.3 Å². The van der Waals surface area contributed by atoms with Gasteiger partial charge in [0.1, 0.15) is 0 Å². The van der Waals surface area contributed by atoms with Crippen molar-refractivity contribution in [3.63, 3.8) is 0 Å². The molecule has 0 radical (unpaired) electrons. The summed E-state index contributed by atoms with van der Waals surface area (Å²) in [6.45, 7) is 2.21. The number of carbonyl (C=O) groups is 1. The van der Waals surface area contributed by atoms with Crippen molar-refractivity contribution in [2.45, 2.75) is 51.9 Å². The fourth-order valence-electron chi connectivity index (χ4n) is 2.19. The van der Waals surface area contributed by atoms with Crippen molar-refractivity contribution in [3.05, 3.63) is 0 Å². The topological polar surface area (TPSA) is 37.3 Å². The van der Waals surface area contributed by atoms with Gasteiger partial charge in [-0.25, -0.2) is 0 Å². The number of unbranched alkanes of at least 4 members (excludes halogenated alkanes) is 1. The molecule has 3 heteroatoms. The van der Waals surface area contributed by atoms with Gasteiger partial charge in [-0.05, 0) is 31.6 Å². The summed E-state index contributed by atoms with van der Waals surface area (Å²) in [5.41, 5.74) is 0. The van der Waals surface area contributed by atoms with Crippen LogP contribution in [0.5, 0.6) is 0 Å². The second kappa shape index (κ2) is 7.10. The van der Waals surface area contributed by atoms with Crippen LogP contribution in [-0.2, 0) is 4.79 Å². The van der Waals surface area contributed by atoms with Crippen LogP contribution >= 0.6 is 12.4 Å². The molecule has 0 amide bonds. The Balaban J connectivity index is 0.00000169. The van der Waals surface area contributed by atoms with Crippen molar-refractivity contribution >= 4 is 18.4 Å². The third-order valence-corrected chi connectivity index (χ3v) is 3.16. The van der Waals surface area contributed by atoms with Crippen molar-refractivity contribution in [1.82, 2.24) is 0 Å². The first-order valence-electron chi connectivity index (χ1n) is 5.46. The van der Waals surface area contributed by atoms with Gasteiger partial charge in [0.15, 0.2) is 0 Å². The summed E-state index contributed by atoms with van der Waals surface area (Å²) in [7, 11) is 0. The van der Waals surface area contributed by atoms with E-state index in [0.29, 0.717) is 0 Å². The van der Waals surface area contributed by atoms with E-state index < -0.39 is 5.97 Å². The lowest BCUT2D eigenvalue weighted by Crippen LogP contribution is -2.21. The quantitative estimate of drug-likeness (QED) is 0.788. The average molecular weight is 221 g/mol. The van der Waals surface area contributed by atoms with E-state index in [4.69, 9.17) is 5.11 Å². The Kier molecular flexibility index (Phi) is 6.98. The molecule has 1 saturated carbocycles. The van der Waals surface area contributed by atoms with Crippen molar-refractivity contribution in [1.29, 1.82) is 0 Å². The molecule has 1 fully saturated rings. The Labute approximate surface area is 92.5 Å². The monoisotopic (exact) mass is 220 g/mol. The van der Waals surface area contributed by atoms with Crippen LogP contribution in [0.4, 0.5) is 0 Å². The number of aliphatic carboxylic acids is 1. The van der Waals surface area contributed by atoms with E-state index in [-0.39, 0.29) is 18.3 Å². The van der Waals surface area contributed by atoms with Gasteiger partial charge in [0, 0.05) is 0 Å². The fraction of sp³-hybridized carbons (Fsp3) is 0.909. The molecule has 0 bridgehead atoms. The molecule has 1 N–H and O–H groups in total. The van der Waals surface area contributed by atoms with Crippen LogP contribution in [0, 0.1) is 11.8 Å². The molecule has 2 nitrogen and oxygen atoms in total. The van der Waals surface area contributed by atoms with Gasteiger partial charge in [-0.1, -0.05) is 26.2 Å². The van der Waals surface area contributed by atoms with Gasteiger partial charge in [-0.2, -0.15) is 0 Å². The second-order valence-corrected chi connectivity index (χ2v) is 4.20. The molecule has 0 aromatic carbocycles. The highest BCUT2D eigenvalue weighted by molar-refractivity contribution is 5.85. The summed E-state index contributed by atoms with van der Waals surface area (Å²) in [6, 6.07) is 0. The number of carboxylic acid groups (broad SMARTS) is 1. The molecule has 0 atom stereocenters. The first-order chi connectivity index (χ1) is 6.24. The van der Waals surface area contributed by atoms with Crippen LogP contribution in [0.2, 0.25) is 0 Å². The normalized spacial score (nSPS) is 26.6. The summed E-state index contributed by atoms with van der Waals surface area (Å²) < 4.78 is 0. The number of hydrogen-bond acceptors (Lipinski definition) is 1. The number of carboxylic acids is 1. The van der Waals surface area contributed by atoms with Crippen molar-refractivity contribution in [3.8, 4) is 0 Å². The SMILES string of the molecule is CCCC[C@H]1CC[C@H](C(=O)O)CC1.Cl. The molecular weight excluding hydrogens is 200 g/mol. The van der Waals surface area contributed by atoms with E-state index in [9.17, 15) is 4.79 Å². The van der Waals surface area contributed by atoms with Gasteiger partial charge in [-0.15, -0.1) is 12.4 Å². The van der Waals surface area contributed by atoms with Gasteiger partial charge in [-0.3, -0.25) is 4.79 Å². The molecule has 1 aliphatic carbocycles. The Bertz CT molecular complexity index is 163. The van der Waals surface area contributed by atoms with Crippen LogP contribution in [0.3, 0.4) is 0 Å². The molecule has 0 heterocycles. The molecule has 1 rings (SSSR count). The minimum absolute atomic E-state index is 0. The molecular formula is C11H21ClO2. The minimum atomic E-state index is -0.589. The zero-order valence-electron chi connectivity index (χ0n) is 8.87. The zero-order chi connectivity index (χ0) is 9.68. The molecule has 0 unspecified atom stereocenters. The smallest absolute Gasteiger partial charge is 0.306 e. The van der Waals surface area contributed by atoms with E-state index in [0.717, 1.165) is 31.6 Å². The Morgan fingerprint density at radius 3 is 2.29 bits per heavy atom. The predicted octanol–water partition coefficient (Wildman–Crippen LogP) is 3.49. The highest BCUT2D eigenvalue weighted by Gasteiger charge is 2.25. The summed E-state index contributed by atoms with van der Waals surface area (Å²) in [4.78, 5) is 10.7. The molecule has 14 heavy (non-hydrogen) atoms. The maximum Gasteiger partial charge on any atom is 0.306 e. The van der Waals surface area contributed by atoms with Gasteiger partial charge in [0.05, 0.1) is 5.92 Å². The van der Waals surface area contributed by atoms with Crippen molar-refractivity contribution in [2.75, 3.05) is 0 Å². The van der Waals surface area contributed by atoms with Crippen LogP contribution < -0.4 is 0 Å². The molecule has 0 aliphatic heterocycles. The number of rotatable bonds is 4. The third-order valence-electron chi connectivity index (χ3n) is 3.16. The van der Waals surface area contributed by atoms with Crippen LogP contribution in [-0.4, -0.2) is 11.1 Å². The van der Waals surface area contributed by atoms with Gasteiger partial charge >= 0.3 is 5.97 Å². The predicted molar refractivity (Wildman–Crippen MR) is 59.9 cm³/mol. The van der Waals surface area contributed by atoms with E-state index in [1.807, 2.05) is 0 Å². The molecule has 0 spiro atoms. The number of hydrogen-bond donors (Lipinski definition) is 1. The van der Waals surface area contributed by atoms with Crippen molar-refractivity contribution in [2.24, 2.45) is 11.8 Å². The Morgan fingerprint density at radius 2 is 1.86 bits per heavy atom. The Morgan fingerprint density at radius 1 is 1.29 bits per heavy atom. The highest BCUT2D eigenvalue weighted by Crippen LogP contribution is 2.31. The van der Waals surface area contributed by atoms with Crippen molar-refractivity contribution < 1.29 is 9.90 Å². The Hall–Kier alpha value is -0.240. The first kappa shape index (κ1) is 13.8. The lowest BCUT2D eigenvalue weighted by molar-refractivity contribution is -0.143. The van der Waals surface area contributed by atoms with Gasteiger partial charge in [0.25, 0.3) is 0 Å². The standard InChI is InChI=1S/C11H20O2.ClH/c1-2-3-4-9-5-7-10(8-6-9)11(12)13;/h9-10H,2-8H2,1H3,(H,12,13);1H/t9-,10-;. The first-order valence-corrected chi connectivity index (χ1v) is 5.46. The average Bonchev–Trinajstić information content (AvgIpc) is 2.15. The maximum absolute atomic E-state index is 10.7. The second-order valence-electron chi connectivity index (χ2n) is 4.20. The van der Waals surface area contributed by atoms with E-state index >= 15 is 0 Å². The van der Waals surface area contributed by atoms with E-state index in [1.54, 1.807) is 0 Å². The summed E-state index contributed by atoms with van der Waals surface area (Å²) in [5, 5.41) is 8.80. The highest BCUT2D eigenvalue weighted by atomic mass is 35.5. The van der Waals surface area contributed by atoms with Crippen LogP contribution in [0.25, 0.3) is 0 Å². The summed E-state index contributed by atoms with van der Waals surface area (Å²) in [6.07, 6.45) is 7.96. The van der Waals surface area contributed by atoms with Gasteiger partial charge in [0.2, 0.25) is 0 Å². The van der Waals surface area contributed by atoms with E-state index in [2.05, 4.69) is 6.92 Å². The third kappa shape index (κ3) is 4.32. The largest absolute Gasteiger partial charge is 0.481 e. The minimum Gasteiger partial charge on any atom is -0.481 e. The zero-order valence-corrected chi connectivity index (χ0v) is 9.68. The fourth-order valence-corrected chi connectivity index (χ4v) is 2.19. The maximum atomic E-state index is 10.7.